The molecule has 3 rings (SSSR count). The number of fused-ring (bicyclic) bond motifs is 1. The zero-order valence-electron chi connectivity index (χ0n) is 13.3. The third-order valence-electron chi connectivity index (χ3n) is 3.69. The van der Waals surface area contributed by atoms with Crippen LogP contribution in [-0.4, -0.2) is 15.5 Å². The van der Waals surface area contributed by atoms with Crippen LogP contribution >= 0.6 is 11.6 Å². The lowest BCUT2D eigenvalue weighted by Gasteiger charge is -2.10. The molecule has 122 valence electrons. The quantitative estimate of drug-likeness (QED) is 0.795. The minimum Gasteiger partial charge on any atom is -0.323 e. The lowest BCUT2D eigenvalue weighted by Crippen LogP contribution is -2.28. The predicted octanol–water partition coefficient (Wildman–Crippen LogP) is 3.31. The fourth-order valence-electron chi connectivity index (χ4n) is 2.45. The van der Waals surface area contributed by atoms with E-state index < -0.39 is 0 Å². The normalized spacial score (nSPS) is 10.8. The summed E-state index contributed by atoms with van der Waals surface area (Å²) in [4.78, 5) is 28.9. The molecule has 0 aliphatic carbocycles. The molecule has 0 aliphatic rings. The second-order valence-corrected chi connectivity index (χ2v) is 6.14. The molecule has 1 heterocycles. The van der Waals surface area contributed by atoms with Crippen molar-refractivity contribution in [2.24, 2.45) is 0 Å². The number of nitrogens with one attached hydrogen (secondary N) is 1. The van der Waals surface area contributed by atoms with Crippen LogP contribution in [-0.2, 0) is 11.3 Å². The molecule has 1 aromatic heterocycles. The molecule has 0 saturated carbocycles. The van der Waals surface area contributed by atoms with E-state index in [1.807, 2.05) is 26.0 Å². The molecule has 0 fully saturated rings. The summed E-state index contributed by atoms with van der Waals surface area (Å²) in [6.07, 6.45) is 1.39. The predicted molar refractivity (Wildman–Crippen MR) is 95.6 cm³/mol. The first-order valence-corrected chi connectivity index (χ1v) is 7.83. The van der Waals surface area contributed by atoms with E-state index in [4.69, 9.17) is 11.6 Å². The van der Waals surface area contributed by atoms with Gasteiger partial charge in [0.1, 0.15) is 6.54 Å². The number of rotatable bonds is 3. The molecule has 0 bridgehead atoms. The maximum atomic E-state index is 12.5. The summed E-state index contributed by atoms with van der Waals surface area (Å²) in [5.74, 6) is -0.336. The van der Waals surface area contributed by atoms with Crippen molar-refractivity contribution in [2.45, 2.75) is 20.4 Å². The summed E-state index contributed by atoms with van der Waals surface area (Å²) in [5, 5.41) is 3.67. The van der Waals surface area contributed by atoms with Crippen LogP contribution in [0.25, 0.3) is 10.9 Å². The average molecular weight is 342 g/mol. The second-order valence-electron chi connectivity index (χ2n) is 5.73. The molecule has 0 spiro atoms. The van der Waals surface area contributed by atoms with Crippen molar-refractivity contribution in [3.63, 3.8) is 0 Å². The molecule has 0 radical (unpaired) electrons. The topological polar surface area (TPSA) is 64.0 Å². The molecule has 3 aromatic rings. The Kier molecular flexibility index (Phi) is 4.36. The lowest BCUT2D eigenvalue weighted by atomic mass is 10.2. The van der Waals surface area contributed by atoms with Gasteiger partial charge in [0.2, 0.25) is 5.91 Å². The number of halogens is 1. The Morgan fingerprint density at radius 3 is 2.62 bits per heavy atom. The minimum absolute atomic E-state index is 0.125. The second kappa shape index (κ2) is 6.45. The van der Waals surface area contributed by atoms with Crippen molar-refractivity contribution in [2.75, 3.05) is 5.32 Å². The van der Waals surface area contributed by atoms with Crippen molar-refractivity contribution < 1.29 is 4.79 Å². The maximum Gasteiger partial charge on any atom is 0.261 e. The van der Waals surface area contributed by atoms with Gasteiger partial charge >= 0.3 is 0 Å². The van der Waals surface area contributed by atoms with E-state index in [9.17, 15) is 9.59 Å². The zero-order valence-corrected chi connectivity index (χ0v) is 14.1. The SMILES string of the molecule is Cc1ccc(NC(=O)Cn2cnc3ccc(C)cc3c2=O)c(Cl)c1. The van der Waals surface area contributed by atoms with Gasteiger partial charge in [-0.1, -0.05) is 29.3 Å². The molecule has 2 aromatic carbocycles. The van der Waals surface area contributed by atoms with Crippen molar-refractivity contribution in [3.05, 3.63) is 69.2 Å². The van der Waals surface area contributed by atoms with Crippen molar-refractivity contribution in [1.82, 2.24) is 9.55 Å². The number of hydrogen-bond acceptors (Lipinski definition) is 3. The Balaban J connectivity index is 1.85. The van der Waals surface area contributed by atoms with Crippen LogP contribution in [0.4, 0.5) is 5.69 Å². The molecule has 1 amide bonds. The third kappa shape index (κ3) is 3.31. The van der Waals surface area contributed by atoms with E-state index in [-0.39, 0.29) is 18.0 Å². The summed E-state index contributed by atoms with van der Waals surface area (Å²) in [7, 11) is 0. The number of anilines is 1. The number of nitrogens with zero attached hydrogens (tertiary/aromatic N) is 2. The molecule has 0 aliphatic heterocycles. The van der Waals surface area contributed by atoms with Crippen LogP contribution in [0.15, 0.2) is 47.5 Å². The van der Waals surface area contributed by atoms with Crippen molar-refractivity contribution >= 4 is 34.1 Å². The third-order valence-corrected chi connectivity index (χ3v) is 4.00. The van der Waals surface area contributed by atoms with Gasteiger partial charge in [-0.25, -0.2) is 4.98 Å². The van der Waals surface area contributed by atoms with E-state index in [2.05, 4.69) is 10.3 Å². The number of amides is 1. The van der Waals surface area contributed by atoms with Gasteiger partial charge in [-0.3, -0.25) is 14.2 Å². The van der Waals surface area contributed by atoms with Crippen LogP contribution in [0, 0.1) is 13.8 Å². The molecule has 1 N–H and O–H groups in total. The summed E-state index contributed by atoms with van der Waals surface area (Å²) in [6.45, 7) is 3.70. The van der Waals surface area contributed by atoms with Gasteiger partial charge in [0.15, 0.2) is 0 Å². The lowest BCUT2D eigenvalue weighted by molar-refractivity contribution is -0.116. The van der Waals surface area contributed by atoms with Gasteiger partial charge in [0, 0.05) is 0 Å². The van der Waals surface area contributed by atoms with Crippen molar-refractivity contribution in [3.8, 4) is 0 Å². The number of aromatic nitrogens is 2. The summed E-state index contributed by atoms with van der Waals surface area (Å²) in [6, 6.07) is 10.8. The Bertz CT molecular complexity index is 995. The van der Waals surface area contributed by atoms with Crippen LogP contribution in [0.3, 0.4) is 0 Å². The molecule has 0 atom stereocenters. The van der Waals surface area contributed by atoms with E-state index >= 15 is 0 Å². The Morgan fingerprint density at radius 1 is 1.17 bits per heavy atom. The van der Waals surface area contributed by atoms with Crippen LogP contribution in [0.5, 0.6) is 0 Å². The highest BCUT2D eigenvalue weighted by Gasteiger charge is 2.10. The molecule has 0 unspecified atom stereocenters. The number of benzene rings is 2. The molecule has 6 heteroatoms. The minimum atomic E-state index is -0.336. The highest BCUT2D eigenvalue weighted by molar-refractivity contribution is 6.33. The molecule has 24 heavy (non-hydrogen) atoms. The Hall–Kier alpha value is -2.66. The first kappa shape index (κ1) is 16.2. The maximum absolute atomic E-state index is 12.5. The van der Waals surface area contributed by atoms with Gasteiger partial charge in [-0.05, 0) is 43.7 Å². The number of carbonyl (C=O) groups excluding carboxylic acids is 1. The molecule has 5 nitrogen and oxygen atoms in total. The van der Waals surface area contributed by atoms with Crippen LogP contribution in [0.2, 0.25) is 5.02 Å². The van der Waals surface area contributed by atoms with E-state index in [0.717, 1.165) is 11.1 Å². The Labute approximate surface area is 143 Å². The monoisotopic (exact) mass is 341 g/mol. The van der Waals surface area contributed by atoms with E-state index in [1.54, 1.807) is 24.3 Å². The average Bonchev–Trinajstić information content (AvgIpc) is 2.53. The first-order chi connectivity index (χ1) is 11.4. The van der Waals surface area contributed by atoms with Gasteiger partial charge in [-0.15, -0.1) is 0 Å². The summed E-state index contributed by atoms with van der Waals surface area (Å²) < 4.78 is 1.29. The molecular weight excluding hydrogens is 326 g/mol. The van der Waals surface area contributed by atoms with Gasteiger partial charge in [0.05, 0.1) is 27.9 Å². The largest absolute Gasteiger partial charge is 0.323 e. The first-order valence-electron chi connectivity index (χ1n) is 7.46. The molecular formula is C18H16ClN3O2. The highest BCUT2D eigenvalue weighted by Crippen LogP contribution is 2.22. The van der Waals surface area contributed by atoms with Crippen molar-refractivity contribution in [1.29, 1.82) is 0 Å². The fraction of sp³-hybridized carbons (Fsp3) is 0.167. The van der Waals surface area contributed by atoms with Gasteiger partial charge in [-0.2, -0.15) is 0 Å². The van der Waals surface area contributed by atoms with E-state index in [1.165, 1.54) is 10.9 Å². The highest BCUT2D eigenvalue weighted by atomic mass is 35.5. The number of hydrogen-bond donors (Lipinski definition) is 1. The summed E-state index contributed by atoms with van der Waals surface area (Å²) in [5.41, 5.74) is 2.86. The molecule has 0 saturated heterocycles. The number of aryl methyl sites for hydroxylation is 2. The standard InChI is InChI=1S/C18H16ClN3O2/c1-11-3-5-15-13(7-11)18(24)22(10-20-15)9-17(23)21-16-6-4-12(2)8-14(16)19/h3-8,10H,9H2,1-2H3,(H,21,23). The van der Waals surface area contributed by atoms with Crippen LogP contribution in [0.1, 0.15) is 11.1 Å². The van der Waals surface area contributed by atoms with Gasteiger partial charge < -0.3 is 5.32 Å². The fourth-order valence-corrected chi connectivity index (χ4v) is 2.73. The Morgan fingerprint density at radius 2 is 1.88 bits per heavy atom. The number of carbonyl (C=O) groups is 1. The van der Waals surface area contributed by atoms with Crippen LogP contribution < -0.4 is 10.9 Å². The smallest absolute Gasteiger partial charge is 0.261 e. The zero-order chi connectivity index (χ0) is 17.3. The summed E-state index contributed by atoms with van der Waals surface area (Å²) >= 11 is 6.11. The van der Waals surface area contributed by atoms with Gasteiger partial charge in [0.25, 0.3) is 5.56 Å². The van der Waals surface area contributed by atoms with E-state index in [0.29, 0.717) is 21.6 Å².